The van der Waals surface area contributed by atoms with Gasteiger partial charge in [0.25, 0.3) is 0 Å². The van der Waals surface area contributed by atoms with E-state index in [1.54, 1.807) is 0 Å². The summed E-state index contributed by atoms with van der Waals surface area (Å²) in [5.41, 5.74) is 6.84. The zero-order valence-electron chi connectivity index (χ0n) is 7.40. The highest BCUT2D eigenvalue weighted by Gasteiger charge is 2.00. The van der Waals surface area contributed by atoms with Gasteiger partial charge >= 0.3 is 0 Å². The standard InChI is InChI=1S/C9H16N2O/c1-8(10)9-3-5-11(7-9)4-2-6-12/h3,5,7-8,12H,2,4,6,10H2,1H3. The van der Waals surface area contributed by atoms with E-state index in [1.807, 2.05) is 25.4 Å². The molecule has 0 aromatic carbocycles. The Labute approximate surface area is 72.8 Å². The van der Waals surface area contributed by atoms with E-state index in [0.29, 0.717) is 0 Å². The van der Waals surface area contributed by atoms with Crippen molar-refractivity contribution in [2.24, 2.45) is 5.73 Å². The van der Waals surface area contributed by atoms with Gasteiger partial charge in [-0.25, -0.2) is 0 Å². The fourth-order valence-electron chi connectivity index (χ4n) is 1.12. The maximum atomic E-state index is 8.61. The first kappa shape index (κ1) is 9.29. The van der Waals surface area contributed by atoms with E-state index >= 15 is 0 Å². The number of nitrogens with zero attached hydrogens (tertiary/aromatic N) is 1. The van der Waals surface area contributed by atoms with Crippen LogP contribution in [0.5, 0.6) is 0 Å². The van der Waals surface area contributed by atoms with Crippen molar-refractivity contribution in [3.05, 3.63) is 24.0 Å². The number of nitrogens with two attached hydrogens (primary N) is 1. The third-order valence-electron chi connectivity index (χ3n) is 1.87. The van der Waals surface area contributed by atoms with Crippen molar-refractivity contribution in [2.75, 3.05) is 6.61 Å². The minimum absolute atomic E-state index is 0.0976. The Bertz CT molecular complexity index is 230. The largest absolute Gasteiger partial charge is 0.396 e. The van der Waals surface area contributed by atoms with Gasteiger partial charge in [0.05, 0.1) is 0 Å². The predicted octanol–water partition coefficient (Wildman–Crippen LogP) is 0.890. The number of aliphatic hydroxyl groups is 1. The topological polar surface area (TPSA) is 51.2 Å². The summed E-state index contributed by atoms with van der Waals surface area (Å²) in [5, 5.41) is 8.61. The van der Waals surface area contributed by atoms with Crippen LogP contribution in [0.1, 0.15) is 24.9 Å². The number of aliphatic hydroxyl groups excluding tert-OH is 1. The lowest BCUT2D eigenvalue weighted by molar-refractivity contribution is 0.280. The van der Waals surface area contributed by atoms with Gasteiger partial charge in [0.2, 0.25) is 0 Å². The van der Waals surface area contributed by atoms with Crippen LogP contribution in [0.3, 0.4) is 0 Å². The summed E-state index contributed by atoms with van der Waals surface area (Å²) in [6.45, 7) is 3.07. The summed E-state index contributed by atoms with van der Waals surface area (Å²) in [4.78, 5) is 0. The summed E-state index contributed by atoms with van der Waals surface area (Å²) < 4.78 is 2.05. The highest BCUT2D eigenvalue weighted by atomic mass is 16.3. The van der Waals surface area contributed by atoms with Crippen LogP contribution in [-0.2, 0) is 6.54 Å². The first-order valence-electron chi connectivity index (χ1n) is 4.26. The van der Waals surface area contributed by atoms with E-state index in [1.165, 1.54) is 0 Å². The average molecular weight is 168 g/mol. The lowest BCUT2D eigenvalue weighted by Gasteiger charge is -2.01. The Morgan fingerprint density at radius 2 is 2.42 bits per heavy atom. The molecule has 3 N–H and O–H groups in total. The maximum Gasteiger partial charge on any atom is 0.0448 e. The van der Waals surface area contributed by atoms with E-state index < -0.39 is 0 Å². The Kier molecular flexibility index (Phi) is 3.31. The molecule has 1 unspecified atom stereocenters. The third kappa shape index (κ3) is 2.36. The average Bonchev–Trinajstić information content (AvgIpc) is 2.48. The molecule has 12 heavy (non-hydrogen) atoms. The van der Waals surface area contributed by atoms with E-state index in [9.17, 15) is 0 Å². The van der Waals surface area contributed by atoms with Crippen LogP contribution in [0.4, 0.5) is 0 Å². The van der Waals surface area contributed by atoms with Crippen molar-refractivity contribution in [3.8, 4) is 0 Å². The van der Waals surface area contributed by atoms with Crippen molar-refractivity contribution in [3.63, 3.8) is 0 Å². The molecule has 0 saturated heterocycles. The number of hydrogen-bond donors (Lipinski definition) is 2. The molecule has 1 heterocycles. The van der Waals surface area contributed by atoms with E-state index in [2.05, 4.69) is 4.57 Å². The van der Waals surface area contributed by atoms with Crippen LogP contribution < -0.4 is 5.73 Å². The minimum Gasteiger partial charge on any atom is -0.396 e. The summed E-state index contributed by atoms with van der Waals surface area (Å²) in [7, 11) is 0. The highest BCUT2D eigenvalue weighted by Crippen LogP contribution is 2.09. The van der Waals surface area contributed by atoms with E-state index in [-0.39, 0.29) is 12.6 Å². The van der Waals surface area contributed by atoms with Crippen molar-refractivity contribution in [2.45, 2.75) is 25.9 Å². The Morgan fingerprint density at radius 3 is 2.92 bits per heavy atom. The lowest BCUT2D eigenvalue weighted by atomic mass is 10.2. The monoisotopic (exact) mass is 168 g/mol. The van der Waals surface area contributed by atoms with Gasteiger partial charge in [0, 0.05) is 31.6 Å². The van der Waals surface area contributed by atoms with Crippen LogP contribution in [0.25, 0.3) is 0 Å². The second-order valence-corrected chi connectivity index (χ2v) is 3.05. The molecular formula is C9H16N2O. The van der Waals surface area contributed by atoms with E-state index in [4.69, 9.17) is 10.8 Å². The molecule has 3 heteroatoms. The van der Waals surface area contributed by atoms with Gasteiger partial charge in [-0.1, -0.05) is 0 Å². The van der Waals surface area contributed by atoms with Crippen molar-refractivity contribution < 1.29 is 5.11 Å². The number of aromatic nitrogens is 1. The second kappa shape index (κ2) is 4.28. The number of hydrogen-bond acceptors (Lipinski definition) is 2. The molecule has 0 amide bonds. The quantitative estimate of drug-likeness (QED) is 0.701. The van der Waals surface area contributed by atoms with E-state index in [0.717, 1.165) is 18.5 Å². The fraction of sp³-hybridized carbons (Fsp3) is 0.556. The van der Waals surface area contributed by atoms with Crippen LogP contribution in [0.15, 0.2) is 18.5 Å². The molecule has 1 aromatic rings. The predicted molar refractivity (Wildman–Crippen MR) is 48.7 cm³/mol. The lowest BCUT2D eigenvalue weighted by Crippen LogP contribution is -2.03. The molecule has 0 saturated carbocycles. The molecule has 0 aliphatic heterocycles. The Morgan fingerprint density at radius 1 is 1.67 bits per heavy atom. The molecule has 0 fully saturated rings. The summed E-state index contributed by atoms with van der Waals surface area (Å²) >= 11 is 0. The van der Waals surface area contributed by atoms with Crippen LogP contribution >= 0.6 is 0 Å². The second-order valence-electron chi connectivity index (χ2n) is 3.05. The first-order valence-corrected chi connectivity index (χ1v) is 4.26. The van der Waals surface area contributed by atoms with Crippen molar-refractivity contribution in [1.29, 1.82) is 0 Å². The maximum absolute atomic E-state index is 8.61. The SMILES string of the molecule is CC(N)c1ccn(CCCO)c1. The van der Waals surface area contributed by atoms with Gasteiger partial charge in [-0.05, 0) is 25.0 Å². The molecular weight excluding hydrogens is 152 g/mol. The molecule has 1 rings (SSSR count). The molecule has 3 nitrogen and oxygen atoms in total. The van der Waals surface area contributed by atoms with Crippen molar-refractivity contribution in [1.82, 2.24) is 4.57 Å². The third-order valence-corrected chi connectivity index (χ3v) is 1.87. The molecule has 68 valence electrons. The zero-order valence-corrected chi connectivity index (χ0v) is 7.40. The van der Waals surface area contributed by atoms with Gasteiger partial charge < -0.3 is 15.4 Å². The van der Waals surface area contributed by atoms with Gasteiger partial charge in [0.15, 0.2) is 0 Å². The molecule has 1 atom stereocenters. The molecule has 0 radical (unpaired) electrons. The number of rotatable bonds is 4. The summed E-state index contributed by atoms with van der Waals surface area (Å²) in [6.07, 6.45) is 4.82. The smallest absolute Gasteiger partial charge is 0.0448 e. The minimum atomic E-state index is 0.0976. The highest BCUT2D eigenvalue weighted by molar-refractivity contribution is 5.13. The van der Waals surface area contributed by atoms with Gasteiger partial charge in [-0.2, -0.15) is 0 Å². The Balaban J connectivity index is 2.52. The fourth-order valence-corrected chi connectivity index (χ4v) is 1.12. The zero-order chi connectivity index (χ0) is 8.97. The summed E-state index contributed by atoms with van der Waals surface area (Å²) in [6, 6.07) is 2.11. The van der Waals surface area contributed by atoms with Gasteiger partial charge in [-0.15, -0.1) is 0 Å². The number of aryl methyl sites for hydroxylation is 1. The van der Waals surface area contributed by atoms with Gasteiger partial charge in [-0.3, -0.25) is 0 Å². The molecule has 0 aliphatic rings. The summed E-state index contributed by atoms with van der Waals surface area (Å²) in [5.74, 6) is 0. The Hall–Kier alpha value is -0.800. The normalized spacial score (nSPS) is 13.2. The van der Waals surface area contributed by atoms with Gasteiger partial charge in [0.1, 0.15) is 0 Å². The van der Waals surface area contributed by atoms with Crippen LogP contribution in [-0.4, -0.2) is 16.3 Å². The van der Waals surface area contributed by atoms with Crippen LogP contribution in [0.2, 0.25) is 0 Å². The van der Waals surface area contributed by atoms with Crippen LogP contribution in [0, 0.1) is 0 Å². The first-order chi connectivity index (χ1) is 5.74. The van der Waals surface area contributed by atoms with Crippen molar-refractivity contribution >= 4 is 0 Å². The molecule has 0 spiro atoms. The molecule has 1 aromatic heterocycles. The molecule has 0 bridgehead atoms. The molecule has 0 aliphatic carbocycles.